The van der Waals surface area contributed by atoms with Gasteiger partial charge in [-0.25, -0.2) is 0 Å². The van der Waals surface area contributed by atoms with Crippen molar-refractivity contribution < 1.29 is 4.92 Å². The van der Waals surface area contributed by atoms with Crippen molar-refractivity contribution >= 4 is 5.69 Å². The number of hydrogen-bond acceptors (Lipinski definition) is 4. The number of nitrogens with zero attached hydrogens (tertiary/aromatic N) is 3. The first kappa shape index (κ1) is 31.2. The molecule has 0 spiro atoms. The second-order valence-corrected chi connectivity index (χ2v) is 11.8. The Morgan fingerprint density at radius 3 is 1.10 bits per heavy atom. The Morgan fingerprint density at radius 2 is 0.714 bits per heavy atom. The van der Waals surface area contributed by atoms with Crippen LogP contribution in [0, 0.1) is 10.1 Å². The van der Waals surface area contributed by atoms with E-state index in [9.17, 15) is 10.1 Å². The van der Waals surface area contributed by atoms with E-state index in [0.29, 0.717) is 0 Å². The van der Waals surface area contributed by atoms with Crippen LogP contribution in [0.1, 0.15) is 33.4 Å². The average molecular weight is 636 g/mol. The van der Waals surface area contributed by atoms with E-state index in [4.69, 9.17) is 10.2 Å². The molecule has 0 fully saturated rings. The van der Waals surface area contributed by atoms with Gasteiger partial charge in [-0.05, 0) is 56.6 Å². The van der Waals surface area contributed by atoms with Crippen LogP contribution < -0.4 is 0 Å². The molecule has 0 N–H and O–H groups in total. The first-order valence-corrected chi connectivity index (χ1v) is 16.2. The van der Waals surface area contributed by atoms with Crippen molar-refractivity contribution in [3.05, 3.63) is 244 Å². The van der Waals surface area contributed by atoms with Gasteiger partial charge in [0, 0.05) is 12.1 Å². The predicted octanol–water partition coefficient (Wildman–Crippen LogP) is 11.0. The highest BCUT2D eigenvalue weighted by atomic mass is 16.6. The van der Waals surface area contributed by atoms with Crippen molar-refractivity contribution in [2.45, 2.75) is 11.1 Å². The third-order valence-electron chi connectivity index (χ3n) is 9.01. The van der Waals surface area contributed by atoms with Crippen molar-refractivity contribution in [3.63, 3.8) is 0 Å². The molecule has 0 atom stereocenters. The topological polar surface area (TPSA) is 67.9 Å². The fraction of sp³-hybridized carbons (Fsp3) is 0.0455. The molecular weight excluding hydrogens is 603 g/mol. The maximum absolute atomic E-state index is 11.6. The van der Waals surface area contributed by atoms with E-state index in [1.165, 1.54) is 0 Å². The highest BCUT2D eigenvalue weighted by Gasteiger charge is 2.42. The second-order valence-electron chi connectivity index (χ2n) is 11.8. The van der Waals surface area contributed by atoms with Gasteiger partial charge in [-0.1, -0.05) is 176 Å². The summed E-state index contributed by atoms with van der Waals surface area (Å²) in [5, 5.41) is 22.7. The molecule has 5 heteroatoms. The first-order chi connectivity index (χ1) is 24.1. The quantitative estimate of drug-likeness (QED) is 0.0649. The van der Waals surface area contributed by atoms with Crippen LogP contribution in [0.3, 0.4) is 0 Å². The molecule has 0 aliphatic carbocycles. The predicted molar refractivity (Wildman–Crippen MR) is 195 cm³/mol. The lowest BCUT2D eigenvalue weighted by Gasteiger charge is -2.36. The molecule has 49 heavy (non-hydrogen) atoms. The van der Waals surface area contributed by atoms with E-state index >= 15 is 0 Å². The highest BCUT2D eigenvalue weighted by Crippen LogP contribution is 2.48. The summed E-state index contributed by atoms with van der Waals surface area (Å²) in [6, 6.07) is 66.2. The Hall–Kier alpha value is -6.46. The molecule has 0 saturated heterocycles. The van der Waals surface area contributed by atoms with Gasteiger partial charge < -0.3 is 0 Å². The van der Waals surface area contributed by atoms with E-state index in [1.807, 2.05) is 109 Å². The molecule has 0 unspecified atom stereocenters. The normalized spacial score (nSPS) is 11.8. The summed E-state index contributed by atoms with van der Waals surface area (Å²) in [6.07, 6.45) is 0. The number of benzene rings is 7. The minimum absolute atomic E-state index is 0.0386. The van der Waals surface area contributed by atoms with Crippen molar-refractivity contribution in [2.24, 2.45) is 10.2 Å². The van der Waals surface area contributed by atoms with Gasteiger partial charge in [0.1, 0.15) is 0 Å². The Bertz CT molecular complexity index is 2030. The lowest BCUT2D eigenvalue weighted by atomic mass is 9.74. The molecule has 7 aromatic rings. The zero-order valence-corrected chi connectivity index (χ0v) is 26.7. The van der Waals surface area contributed by atoms with Gasteiger partial charge >= 0.3 is 0 Å². The third-order valence-corrected chi connectivity index (χ3v) is 9.01. The second kappa shape index (κ2) is 13.7. The van der Waals surface area contributed by atoms with E-state index in [0.717, 1.165) is 44.5 Å². The minimum Gasteiger partial charge on any atom is -0.258 e. The summed E-state index contributed by atoms with van der Waals surface area (Å²) in [5.74, 6) is 0. The Morgan fingerprint density at radius 1 is 0.388 bits per heavy atom. The SMILES string of the molecule is O=[N+]([O-])c1ccc(-c2ccccc2C(N=NC(c2ccccc2)(c2ccccc2)c2ccccc2)(c2ccccc2)c2ccccc2)cc1. The van der Waals surface area contributed by atoms with E-state index in [1.54, 1.807) is 24.3 Å². The van der Waals surface area contributed by atoms with Crippen molar-refractivity contribution in [1.82, 2.24) is 0 Å². The van der Waals surface area contributed by atoms with Crippen molar-refractivity contribution in [3.8, 4) is 11.1 Å². The first-order valence-electron chi connectivity index (χ1n) is 16.2. The molecule has 7 aromatic carbocycles. The fourth-order valence-corrected chi connectivity index (χ4v) is 6.68. The van der Waals surface area contributed by atoms with Crippen molar-refractivity contribution in [1.29, 1.82) is 0 Å². The summed E-state index contributed by atoms with van der Waals surface area (Å²) in [4.78, 5) is 11.2. The van der Waals surface area contributed by atoms with Crippen LogP contribution in [0.2, 0.25) is 0 Å². The van der Waals surface area contributed by atoms with Gasteiger partial charge in [-0.2, -0.15) is 10.2 Å². The lowest BCUT2D eigenvalue weighted by Crippen LogP contribution is -2.31. The summed E-state index contributed by atoms with van der Waals surface area (Å²) >= 11 is 0. The smallest absolute Gasteiger partial charge is 0.258 e. The molecule has 7 rings (SSSR count). The van der Waals surface area contributed by atoms with Gasteiger partial charge in [0.25, 0.3) is 5.69 Å². The van der Waals surface area contributed by atoms with Crippen LogP contribution >= 0.6 is 0 Å². The molecule has 0 aliphatic rings. The van der Waals surface area contributed by atoms with Crippen LogP contribution in [0.4, 0.5) is 5.69 Å². The largest absolute Gasteiger partial charge is 0.269 e. The van der Waals surface area contributed by atoms with Crippen molar-refractivity contribution in [2.75, 3.05) is 0 Å². The molecule has 0 aliphatic heterocycles. The molecule has 0 bridgehead atoms. The van der Waals surface area contributed by atoms with Crippen LogP contribution in [-0.4, -0.2) is 4.92 Å². The Balaban J connectivity index is 1.59. The average Bonchev–Trinajstić information content (AvgIpc) is 3.19. The maximum atomic E-state index is 11.6. The number of non-ortho nitro benzene ring substituents is 1. The van der Waals surface area contributed by atoms with Crippen LogP contribution in [0.25, 0.3) is 11.1 Å². The van der Waals surface area contributed by atoms with Gasteiger partial charge in [0.2, 0.25) is 0 Å². The van der Waals surface area contributed by atoms with Crippen LogP contribution in [0.5, 0.6) is 0 Å². The molecule has 0 saturated carbocycles. The lowest BCUT2D eigenvalue weighted by molar-refractivity contribution is -0.384. The molecule has 5 nitrogen and oxygen atoms in total. The number of nitro benzene ring substituents is 1. The van der Waals surface area contributed by atoms with Gasteiger partial charge in [-0.3, -0.25) is 10.1 Å². The maximum Gasteiger partial charge on any atom is 0.269 e. The monoisotopic (exact) mass is 635 g/mol. The van der Waals surface area contributed by atoms with Crippen LogP contribution in [-0.2, 0) is 11.1 Å². The van der Waals surface area contributed by atoms with Gasteiger partial charge in [0.15, 0.2) is 11.1 Å². The number of nitro groups is 1. The summed E-state index contributed by atoms with van der Waals surface area (Å²) in [7, 11) is 0. The molecule has 0 radical (unpaired) electrons. The molecule has 0 amide bonds. The number of azo groups is 1. The molecule has 0 aromatic heterocycles. The van der Waals surface area contributed by atoms with Crippen LogP contribution in [0.15, 0.2) is 210 Å². The molecular formula is C44H33N3O2. The highest BCUT2D eigenvalue weighted by molar-refractivity contribution is 5.73. The van der Waals surface area contributed by atoms with E-state index < -0.39 is 11.1 Å². The number of hydrogen-bond donors (Lipinski definition) is 0. The summed E-state index contributed by atoms with van der Waals surface area (Å²) in [5.41, 5.74) is 5.36. The van der Waals surface area contributed by atoms with E-state index in [-0.39, 0.29) is 10.6 Å². The molecule has 0 heterocycles. The summed E-state index contributed by atoms with van der Waals surface area (Å²) < 4.78 is 0. The zero-order valence-electron chi connectivity index (χ0n) is 26.7. The van der Waals surface area contributed by atoms with Gasteiger partial charge in [-0.15, -0.1) is 0 Å². The minimum atomic E-state index is -1.12. The third kappa shape index (κ3) is 5.83. The molecule has 236 valence electrons. The van der Waals surface area contributed by atoms with E-state index in [2.05, 4.69) is 66.7 Å². The Kier molecular flexibility index (Phi) is 8.72. The fourth-order valence-electron chi connectivity index (χ4n) is 6.68. The number of rotatable bonds is 10. The summed E-state index contributed by atoms with van der Waals surface area (Å²) in [6.45, 7) is 0. The zero-order chi connectivity index (χ0) is 33.5. The van der Waals surface area contributed by atoms with Gasteiger partial charge in [0.05, 0.1) is 4.92 Å². The Labute approximate surface area is 286 Å². The standard InChI is InChI=1S/C44H33N3O2/c48-47(49)40-32-30-34(31-33-40)41-28-16-17-29-42(41)44(38-24-12-4-13-25-38,39-26-14-5-15-27-39)46-45-43(35-18-6-1-7-19-35,36-20-8-2-9-21-36)37-22-10-3-11-23-37/h1-33H.